The van der Waals surface area contributed by atoms with Crippen molar-refractivity contribution in [2.45, 2.75) is 26.3 Å². The largest absolute Gasteiger partial charge is 0.393 e. The first-order chi connectivity index (χ1) is 9.69. The van der Waals surface area contributed by atoms with Crippen LogP contribution in [0.3, 0.4) is 0 Å². The molecule has 7 heteroatoms. The summed E-state index contributed by atoms with van der Waals surface area (Å²) in [5.41, 5.74) is 6.73. The SMILES string of the molecule is CCc1nsc(N(CCC(N)=S)Cc2cccnc2)n1. The van der Waals surface area contributed by atoms with Crippen molar-refractivity contribution in [3.05, 3.63) is 35.9 Å². The minimum Gasteiger partial charge on any atom is -0.393 e. The van der Waals surface area contributed by atoms with Crippen LogP contribution in [-0.4, -0.2) is 25.9 Å². The summed E-state index contributed by atoms with van der Waals surface area (Å²) in [6.45, 7) is 3.52. The Hall–Kier alpha value is -1.60. The quantitative estimate of drug-likeness (QED) is 0.791. The molecule has 0 fully saturated rings. The average Bonchev–Trinajstić information content (AvgIpc) is 2.93. The first-order valence-corrected chi connectivity index (χ1v) is 7.62. The van der Waals surface area contributed by atoms with Crippen molar-refractivity contribution < 1.29 is 0 Å². The zero-order chi connectivity index (χ0) is 14.4. The lowest BCUT2D eigenvalue weighted by Gasteiger charge is -2.21. The number of nitrogens with zero attached hydrogens (tertiary/aromatic N) is 4. The van der Waals surface area contributed by atoms with Gasteiger partial charge in [-0.25, -0.2) is 4.98 Å². The van der Waals surface area contributed by atoms with Crippen LogP contribution in [0, 0.1) is 0 Å². The molecule has 0 aliphatic carbocycles. The summed E-state index contributed by atoms with van der Waals surface area (Å²) in [7, 11) is 0. The molecule has 0 radical (unpaired) electrons. The van der Waals surface area contributed by atoms with E-state index in [0.29, 0.717) is 11.4 Å². The molecular weight excluding hydrogens is 290 g/mol. The Kier molecular flexibility index (Phi) is 5.37. The zero-order valence-electron chi connectivity index (χ0n) is 11.3. The van der Waals surface area contributed by atoms with Crippen LogP contribution in [0.2, 0.25) is 0 Å². The predicted molar refractivity (Wildman–Crippen MR) is 86.0 cm³/mol. The van der Waals surface area contributed by atoms with Crippen LogP contribution in [0.25, 0.3) is 0 Å². The molecule has 0 unspecified atom stereocenters. The molecule has 106 valence electrons. The lowest BCUT2D eigenvalue weighted by molar-refractivity contribution is 0.794. The smallest absolute Gasteiger partial charge is 0.205 e. The van der Waals surface area contributed by atoms with Crippen molar-refractivity contribution in [3.63, 3.8) is 0 Å². The fraction of sp³-hybridized carbons (Fsp3) is 0.385. The molecule has 0 aliphatic rings. The molecular formula is C13H17N5S2. The van der Waals surface area contributed by atoms with Crippen molar-refractivity contribution in [3.8, 4) is 0 Å². The normalized spacial score (nSPS) is 10.4. The van der Waals surface area contributed by atoms with E-state index < -0.39 is 0 Å². The molecule has 2 N–H and O–H groups in total. The summed E-state index contributed by atoms with van der Waals surface area (Å²) >= 11 is 6.38. The Morgan fingerprint density at radius 1 is 1.50 bits per heavy atom. The first kappa shape index (κ1) is 14.8. The van der Waals surface area contributed by atoms with E-state index in [9.17, 15) is 0 Å². The summed E-state index contributed by atoms with van der Waals surface area (Å²) < 4.78 is 4.33. The van der Waals surface area contributed by atoms with Crippen LogP contribution in [0.5, 0.6) is 0 Å². The van der Waals surface area contributed by atoms with Crippen molar-refractivity contribution in [1.82, 2.24) is 14.3 Å². The van der Waals surface area contributed by atoms with Crippen molar-refractivity contribution in [2.75, 3.05) is 11.4 Å². The highest BCUT2D eigenvalue weighted by molar-refractivity contribution is 7.80. The van der Waals surface area contributed by atoms with E-state index in [2.05, 4.69) is 19.2 Å². The summed E-state index contributed by atoms with van der Waals surface area (Å²) in [6, 6.07) is 3.97. The molecule has 0 aliphatic heterocycles. The summed E-state index contributed by atoms with van der Waals surface area (Å²) in [5, 5.41) is 0.905. The van der Waals surface area contributed by atoms with Gasteiger partial charge in [0.15, 0.2) is 0 Å². The molecule has 5 nitrogen and oxygen atoms in total. The number of anilines is 1. The maximum atomic E-state index is 5.60. The number of pyridine rings is 1. The van der Waals surface area contributed by atoms with Gasteiger partial charge in [-0.2, -0.15) is 4.37 Å². The molecule has 0 amide bonds. The molecule has 0 bridgehead atoms. The van der Waals surface area contributed by atoms with E-state index in [1.54, 1.807) is 6.20 Å². The van der Waals surface area contributed by atoms with Crippen LogP contribution in [0.4, 0.5) is 5.13 Å². The molecule has 2 aromatic heterocycles. The fourth-order valence-electron chi connectivity index (χ4n) is 1.72. The van der Waals surface area contributed by atoms with Gasteiger partial charge in [0.2, 0.25) is 5.13 Å². The molecule has 2 rings (SSSR count). The van der Waals surface area contributed by atoms with Crippen LogP contribution < -0.4 is 10.6 Å². The lowest BCUT2D eigenvalue weighted by Crippen LogP contribution is -2.27. The van der Waals surface area contributed by atoms with Gasteiger partial charge >= 0.3 is 0 Å². The maximum absolute atomic E-state index is 5.60. The Labute approximate surface area is 128 Å². The third-order valence-corrected chi connectivity index (χ3v) is 3.79. The van der Waals surface area contributed by atoms with Crippen molar-refractivity contribution in [2.24, 2.45) is 5.73 Å². The predicted octanol–water partition coefficient (Wildman–Crippen LogP) is 2.18. The number of aryl methyl sites for hydroxylation is 1. The number of thiocarbonyl (C=S) groups is 1. The Morgan fingerprint density at radius 3 is 2.95 bits per heavy atom. The van der Waals surface area contributed by atoms with Gasteiger partial charge in [0, 0.05) is 49.9 Å². The van der Waals surface area contributed by atoms with E-state index in [1.165, 1.54) is 11.5 Å². The van der Waals surface area contributed by atoms with E-state index in [1.807, 2.05) is 25.3 Å². The average molecular weight is 307 g/mol. The highest BCUT2D eigenvalue weighted by atomic mass is 32.1. The van der Waals surface area contributed by atoms with Gasteiger partial charge in [-0.15, -0.1) is 0 Å². The lowest BCUT2D eigenvalue weighted by atomic mass is 10.2. The number of nitrogens with two attached hydrogens (primary N) is 1. The summed E-state index contributed by atoms with van der Waals surface area (Å²) in [4.78, 5) is 11.3. The molecule has 0 saturated carbocycles. The standard InChI is InChI=1S/C13H17N5S2/c1-2-12-16-13(20-17-12)18(7-5-11(14)19)9-10-4-3-6-15-8-10/h3-4,6,8H,2,5,7,9H2,1H3,(H2,14,19). The number of hydrogen-bond acceptors (Lipinski definition) is 6. The molecule has 0 saturated heterocycles. The van der Waals surface area contributed by atoms with Crippen LogP contribution in [0.15, 0.2) is 24.5 Å². The van der Waals surface area contributed by atoms with E-state index in [-0.39, 0.29) is 0 Å². The van der Waals surface area contributed by atoms with E-state index >= 15 is 0 Å². The Morgan fingerprint density at radius 2 is 2.35 bits per heavy atom. The second-order valence-corrected chi connectivity index (χ2v) is 5.60. The zero-order valence-corrected chi connectivity index (χ0v) is 13.0. The summed E-state index contributed by atoms with van der Waals surface area (Å²) in [6.07, 6.45) is 5.13. The number of hydrogen-bond donors (Lipinski definition) is 1. The van der Waals surface area contributed by atoms with Gasteiger partial charge < -0.3 is 10.6 Å². The minimum absolute atomic E-state index is 0.515. The van der Waals surface area contributed by atoms with Gasteiger partial charge in [-0.3, -0.25) is 4.98 Å². The number of aromatic nitrogens is 3. The van der Waals surface area contributed by atoms with Gasteiger partial charge in [-0.05, 0) is 11.6 Å². The van der Waals surface area contributed by atoms with Gasteiger partial charge in [-0.1, -0.05) is 25.2 Å². The van der Waals surface area contributed by atoms with Gasteiger partial charge in [0.05, 0.1) is 4.99 Å². The van der Waals surface area contributed by atoms with Crippen LogP contribution >= 0.6 is 23.8 Å². The second kappa shape index (κ2) is 7.25. The monoisotopic (exact) mass is 307 g/mol. The van der Waals surface area contributed by atoms with E-state index in [0.717, 1.165) is 36.0 Å². The van der Waals surface area contributed by atoms with Crippen molar-refractivity contribution in [1.29, 1.82) is 0 Å². The molecule has 2 heterocycles. The molecule has 0 spiro atoms. The Bertz CT molecular complexity index is 555. The van der Waals surface area contributed by atoms with Crippen molar-refractivity contribution >= 4 is 33.9 Å². The third kappa shape index (κ3) is 4.21. The highest BCUT2D eigenvalue weighted by Crippen LogP contribution is 2.20. The maximum Gasteiger partial charge on any atom is 0.205 e. The topological polar surface area (TPSA) is 67.9 Å². The van der Waals surface area contributed by atoms with Gasteiger partial charge in [0.25, 0.3) is 0 Å². The first-order valence-electron chi connectivity index (χ1n) is 6.43. The molecule has 0 atom stereocenters. The molecule has 0 aromatic carbocycles. The highest BCUT2D eigenvalue weighted by Gasteiger charge is 2.13. The van der Waals surface area contributed by atoms with Crippen LogP contribution in [-0.2, 0) is 13.0 Å². The molecule has 20 heavy (non-hydrogen) atoms. The fourth-order valence-corrected chi connectivity index (χ4v) is 2.58. The van der Waals surface area contributed by atoms with Crippen LogP contribution in [0.1, 0.15) is 24.7 Å². The third-order valence-electron chi connectivity index (χ3n) is 2.77. The van der Waals surface area contributed by atoms with Gasteiger partial charge in [0.1, 0.15) is 5.82 Å². The summed E-state index contributed by atoms with van der Waals surface area (Å²) in [5.74, 6) is 0.872. The Balaban J connectivity index is 2.13. The van der Waals surface area contributed by atoms with E-state index in [4.69, 9.17) is 18.0 Å². The minimum atomic E-state index is 0.515. The molecule has 2 aromatic rings. The second-order valence-electron chi connectivity index (χ2n) is 4.35. The number of rotatable bonds is 7.